The van der Waals surface area contributed by atoms with Crippen molar-refractivity contribution in [3.05, 3.63) is 46.1 Å². The largest absolute Gasteiger partial charge is 0.495 e. The molecule has 20 heavy (non-hydrogen) atoms. The van der Waals surface area contributed by atoms with Crippen LogP contribution in [0.5, 0.6) is 5.75 Å². The molecule has 0 aliphatic heterocycles. The van der Waals surface area contributed by atoms with Gasteiger partial charge >= 0.3 is 0 Å². The second-order valence-corrected chi connectivity index (χ2v) is 5.03. The summed E-state index contributed by atoms with van der Waals surface area (Å²) in [5, 5.41) is 2.73. The summed E-state index contributed by atoms with van der Waals surface area (Å²) in [7, 11) is 1.51. The molecule has 0 aliphatic rings. The number of nitrogen functional groups attached to an aromatic ring is 1. The van der Waals surface area contributed by atoms with E-state index in [2.05, 4.69) is 26.2 Å². The van der Waals surface area contributed by atoms with Gasteiger partial charge < -0.3 is 15.8 Å². The molecule has 6 heteroatoms. The van der Waals surface area contributed by atoms with E-state index in [-0.39, 0.29) is 5.91 Å². The Kier molecular flexibility index (Phi) is 4.24. The van der Waals surface area contributed by atoms with Gasteiger partial charge in [0, 0.05) is 10.0 Å². The Balaban J connectivity index is 2.21. The van der Waals surface area contributed by atoms with Gasteiger partial charge in [0.2, 0.25) is 0 Å². The third kappa shape index (κ3) is 3.08. The quantitative estimate of drug-likeness (QED) is 0.845. The maximum atomic E-state index is 12.1. The number of rotatable bonds is 3. The molecule has 0 spiro atoms. The molecular weight excluding hydrogens is 322 g/mol. The number of nitrogens with zero attached hydrogens (tertiary/aromatic N) is 1. The number of methoxy groups -OCH3 is 1. The summed E-state index contributed by atoms with van der Waals surface area (Å²) in [5.41, 5.74) is 7.46. The molecule has 2 rings (SSSR count). The normalized spacial score (nSPS) is 10.2. The van der Waals surface area contributed by atoms with Crippen molar-refractivity contribution in [1.82, 2.24) is 4.98 Å². The number of pyridine rings is 1. The van der Waals surface area contributed by atoms with Crippen LogP contribution in [-0.4, -0.2) is 18.0 Å². The van der Waals surface area contributed by atoms with E-state index in [0.29, 0.717) is 22.8 Å². The first-order valence-corrected chi connectivity index (χ1v) is 6.68. The Hall–Kier alpha value is -2.08. The van der Waals surface area contributed by atoms with Gasteiger partial charge in [-0.3, -0.25) is 4.79 Å². The summed E-state index contributed by atoms with van der Waals surface area (Å²) in [6.45, 7) is 1.85. The fraction of sp³-hybridized carbons (Fsp3) is 0.143. The Morgan fingerprint density at radius 2 is 2.10 bits per heavy atom. The number of nitrogens with two attached hydrogens (primary N) is 1. The molecule has 1 amide bonds. The van der Waals surface area contributed by atoms with Crippen LogP contribution in [0, 0.1) is 6.92 Å². The van der Waals surface area contributed by atoms with Gasteiger partial charge in [0.1, 0.15) is 11.6 Å². The minimum Gasteiger partial charge on any atom is -0.495 e. The van der Waals surface area contributed by atoms with E-state index in [1.54, 1.807) is 24.3 Å². The first-order chi connectivity index (χ1) is 9.51. The lowest BCUT2D eigenvalue weighted by atomic mass is 10.2. The summed E-state index contributed by atoms with van der Waals surface area (Å²) in [4.78, 5) is 16.4. The molecular formula is C14H14BrN3O2. The lowest BCUT2D eigenvalue weighted by molar-refractivity contribution is 0.102. The van der Waals surface area contributed by atoms with Gasteiger partial charge in [-0.15, -0.1) is 0 Å². The molecule has 104 valence electrons. The number of ether oxygens (including phenoxy) is 1. The highest BCUT2D eigenvalue weighted by Gasteiger charge is 2.10. The number of anilines is 2. The molecule has 0 unspecified atom stereocenters. The number of halogens is 1. The van der Waals surface area contributed by atoms with Crippen LogP contribution < -0.4 is 15.8 Å². The van der Waals surface area contributed by atoms with Crippen molar-refractivity contribution in [1.29, 1.82) is 0 Å². The van der Waals surface area contributed by atoms with Gasteiger partial charge in [0.25, 0.3) is 5.91 Å². The summed E-state index contributed by atoms with van der Waals surface area (Å²) >= 11 is 3.36. The molecule has 2 aromatic rings. The molecule has 0 saturated carbocycles. The van der Waals surface area contributed by atoms with Crippen LogP contribution in [0.4, 0.5) is 11.5 Å². The SMILES string of the molecule is COc1cc(C(=O)Nc2ccc(Br)c(C)n2)ccc1N. The summed E-state index contributed by atoms with van der Waals surface area (Å²) in [6.07, 6.45) is 0. The molecule has 0 radical (unpaired) electrons. The minimum absolute atomic E-state index is 0.266. The Morgan fingerprint density at radius 1 is 1.35 bits per heavy atom. The van der Waals surface area contributed by atoms with Crippen LogP contribution in [-0.2, 0) is 0 Å². The fourth-order valence-electron chi connectivity index (χ4n) is 1.65. The zero-order valence-corrected chi connectivity index (χ0v) is 12.7. The van der Waals surface area contributed by atoms with E-state index >= 15 is 0 Å². The van der Waals surface area contributed by atoms with Crippen molar-refractivity contribution in [3.63, 3.8) is 0 Å². The summed E-state index contributed by atoms with van der Waals surface area (Å²) in [5.74, 6) is 0.696. The van der Waals surface area contributed by atoms with Crippen molar-refractivity contribution in [2.24, 2.45) is 0 Å². The van der Waals surface area contributed by atoms with E-state index in [0.717, 1.165) is 10.2 Å². The molecule has 3 N–H and O–H groups in total. The van der Waals surface area contributed by atoms with Crippen molar-refractivity contribution in [3.8, 4) is 5.75 Å². The topological polar surface area (TPSA) is 77.2 Å². The average molecular weight is 336 g/mol. The molecule has 0 fully saturated rings. The van der Waals surface area contributed by atoms with Gasteiger partial charge in [0.05, 0.1) is 18.5 Å². The average Bonchev–Trinajstić information content (AvgIpc) is 2.43. The zero-order valence-electron chi connectivity index (χ0n) is 11.1. The molecule has 1 aromatic heterocycles. The predicted molar refractivity (Wildman–Crippen MR) is 82.0 cm³/mol. The molecule has 1 heterocycles. The number of carbonyl (C=O) groups is 1. The summed E-state index contributed by atoms with van der Waals surface area (Å²) in [6, 6.07) is 8.42. The van der Waals surface area contributed by atoms with E-state index in [1.165, 1.54) is 7.11 Å². The zero-order chi connectivity index (χ0) is 14.7. The smallest absolute Gasteiger partial charge is 0.256 e. The first-order valence-electron chi connectivity index (χ1n) is 5.89. The van der Waals surface area contributed by atoms with Gasteiger partial charge in [-0.05, 0) is 53.2 Å². The van der Waals surface area contributed by atoms with Crippen molar-refractivity contribution >= 4 is 33.3 Å². The summed E-state index contributed by atoms with van der Waals surface area (Å²) < 4.78 is 5.99. The van der Waals surface area contributed by atoms with Crippen LogP contribution in [0.1, 0.15) is 16.1 Å². The van der Waals surface area contributed by atoms with Crippen LogP contribution in [0.25, 0.3) is 0 Å². The Morgan fingerprint density at radius 3 is 2.75 bits per heavy atom. The third-order valence-corrected chi connectivity index (χ3v) is 3.60. The highest BCUT2D eigenvalue weighted by molar-refractivity contribution is 9.10. The number of aryl methyl sites for hydroxylation is 1. The fourth-order valence-corrected chi connectivity index (χ4v) is 1.88. The van der Waals surface area contributed by atoms with Crippen LogP contribution in [0.2, 0.25) is 0 Å². The van der Waals surface area contributed by atoms with Crippen molar-refractivity contribution in [2.75, 3.05) is 18.2 Å². The number of hydrogen-bond acceptors (Lipinski definition) is 4. The van der Waals surface area contributed by atoms with Gasteiger partial charge in [-0.25, -0.2) is 4.98 Å². The number of carbonyl (C=O) groups excluding carboxylic acids is 1. The lowest BCUT2D eigenvalue weighted by Crippen LogP contribution is -2.13. The van der Waals surface area contributed by atoms with Gasteiger partial charge in [-0.2, -0.15) is 0 Å². The van der Waals surface area contributed by atoms with Crippen LogP contribution >= 0.6 is 15.9 Å². The molecule has 5 nitrogen and oxygen atoms in total. The molecule has 0 aliphatic carbocycles. The number of aromatic nitrogens is 1. The number of benzene rings is 1. The molecule has 0 saturated heterocycles. The van der Waals surface area contributed by atoms with Crippen LogP contribution in [0.15, 0.2) is 34.8 Å². The van der Waals surface area contributed by atoms with Crippen molar-refractivity contribution in [2.45, 2.75) is 6.92 Å². The Bertz CT molecular complexity index is 659. The highest BCUT2D eigenvalue weighted by Crippen LogP contribution is 2.23. The Labute approximate surface area is 125 Å². The lowest BCUT2D eigenvalue weighted by Gasteiger charge is -2.09. The van der Waals surface area contributed by atoms with E-state index < -0.39 is 0 Å². The van der Waals surface area contributed by atoms with E-state index in [4.69, 9.17) is 10.5 Å². The van der Waals surface area contributed by atoms with E-state index in [9.17, 15) is 4.79 Å². The van der Waals surface area contributed by atoms with Crippen LogP contribution in [0.3, 0.4) is 0 Å². The second kappa shape index (κ2) is 5.92. The molecule has 1 aromatic carbocycles. The standard InChI is InChI=1S/C14H14BrN3O2/c1-8-10(15)4-6-13(17-8)18-14(19)9-3-5-11(16)12(7-9)20-2/h3-7H,16H2,1-2H3,(H,17,18,19). The maximum Gasteiger partial charge on any atom is 0.256 e. The third-order valence-electron chi connectivity index (χ3n) is 2.76. The monoisotopic (exact) mass is 335 g/mol. The maximum absolute atomic E-state index is 12.1. The van der Waals surface area contributed by atoms with Gasteiger partial charge in [-0.1, -0.05) is 0 Å². The van der Waals surface area contributed by atoms with Crippen molar-refractivity contribution < 1.29 is 9.53 Å². The predicted octanol–water partition coefficient (Wildman–Crippen LogP) is 3.00. The first kappa shape index (κ1) is 14.3. The molecule has 0 bridgehead atoms. The number of amides is 1. The number of nitrogens with one attached hydrogen (secondary N) is 1. The molecule has 0 atom stereocenters. The van der Waals surface area contributed by atoms with E-state index in [1.807, 2.05) is 13.0 Å². The highest BCUT2D eigenvalue weighted by atomic mass is 79.9. The minimum atomic E-state index is -0.266. The van der Waals surface area contributed by atoms with Gasteiger partial charge in [0.15, 0.2) is 0 Å². The second-order valence-electron chi connectivity index (χ2n) is 4.17. The number of hydrogen-bond donors (Lipinski definition) is 2.